The van der Waals surface area contributed by atoms with Gasteiger partial charge in [-0.2, -0.15) is 4.31 Å². The zero-order valence-corrected chi connectivity index (χ0v) is 10.4. The average Bonchev–Trinajstić information content (AvgIpc) is 2.85. The summed E-state index contributed by atoms with van der Waals surface area (Å²) in [6.45, 7) is 0.336. The molecule has 1 atom stereocenters. The molecule has 0 bridgehead atoms. The van der Waals surface area contributed by atoms with Crippen molar-refractivity contribution in [3.8, 4) is 0 Å². The Labute approximate surface area is 102 Å². The van der Waals surface area contributed by atoms with Gasteiger partial charge in [0.15, 0.2) is 0 Å². The normalized spacial score (nSPS) is 21.8. The number of thiophene rings is 1. The first-order valence-corrected chi connectivity index (χ1v) is 7.23. The Morgan fingerprint density at radius 3 is 2.71 bits per heavy atom. The van der Waals surface area contributed by atoms with E-state index in [1.165, 1.54) is 9.69 Å². The predicted molar refractivity (Wildman–Crippen MR) is 60.7 cm³/mol. The van der Waals surface area contributed by atoms with E-state index in [0.717, 1.165) is 17.4 Å². The lowest BCUT2D eigenvalue weighted by atomic mass is 10.3. The van der Waals surface area contributed by atoms with Gasteiger partial charge in [0, 0.05) is 18.5 Å². The summed E-state index contributed by atoms with van der Waals surface area (Å²) in [7, 11) is -3.66. The topological polar surface area (TPSA) is 94.9 Å². The maximum atomic E-state index is 12.0. The fraction of sp³-hybridized carbons (Fsp3) is 0.444. The van der Waals surface area contributed by atoms with E-state index in [-0.39, 0.29) is 22.9 Å². The Bertz CT molecular complexity index is 535. The highest BCUT2D eigenvalue weighted by Crippen LogP contribution is 2.25. The number of nitrogens with zero attached hydrogens (tertiary/aromatic N) is 1. The van der Waals surface area contributed by atoms with Crippen molar-refractivity contribution in [1.29, 1.82) is 0 Å². The smallest absolute Gasteiger partial charge is 0.345 e. The number of sulfonamides is 1. The number of hydrogen-bond donors (Lipinski definition) is 2. The molecular weight excluding hydrogens is 266 g/mol. The van der Waals surface area contributed by atoms with Crippen LogP contribution < -0.4 is 0 Å². The molecule has 1 aromatic heterocycles. The zero-order chi connectivity index (χ0) is 12.6. The highest BCUT2D eigenvalue weighted by atomic mass is 32.2. The maximum absolute atomic E-state index is 12.0. The predicted octanol–water partition coefficient (Wildman–Crippen LogP) is 0.202. The first-order chi connectivity index (χ1) is 7.91. The molecule has 1 saturated heterocycles. The van der Waals surface area contributed by atoms with E-state index in [1.54, 1.807) is 0 Å². The second kappa shape index (κ2) is 4.37. The summed E-state index contributed by atoms with van der Waals surface area (Å²) >= 11 is 0.876. The molecule has 17 heavy (non-hydrogen) atoms. The summed E-state index contributed by atoms with van der Waals surface area (Å²) in [4.78, 5) is 10.6. The van der Waals surface area contributed by atoms with E-state index in [9.17, 15) is 18.3 Å². The van der Waals surface area contributed by atoms with Crippen LogP contribution in [0.25, 0.3) is 0 Å². The molecule has 1 fully saturated rings. The number of carbonyl (C=O) groups is 1. The lowest BCUT2D eigenvalue weighted by molar-refractivity contribution is 0.0702. The Hall–Kier alpha value is -0.960. The van der Waals surface area contributed by atoms with Crippen LogP contribution >= 0.6 is 11.3 Å². The number of aliphatic hydroxyl groups excluding tert-OH is 1. The molecular formula is C9H11NO5S2. The van der Waals surface area contributed by atoms with Gasteiger partial charge < -0.3 is 10.2 Å². The molecule has 0 radical (unpaired) electrons. The van der Waals surface area contributed by atoms with Gasteiger partial charge in [-0.25, -0.2) is 13.2 Å². The number of carboxylic acids is 1. The summed E-state index contributed by atoms with van der Waals surface area (Å²) < 4.78 is 25.3. The molecule has 0 amide bonds. The fourth-order valence-electron chi connectivity index (χ4n) is 1.64. The molecule has 0 unspecified atom stereocenters. The highest BCUT2D eigenvalue weighted by Gasteiger charge is 2.32. The van der Waals surface area contributed by atoms with Gasteiger partial charge in [-0.3, -0.25) is 0 Å². The van der Waals surface area contributed by atoms with Crippen LogP contribution in [0.3, 0.4) is 0 Å². The second-order valence-corrected chi connectivity index (χ2v) is 6.61. The standard InChI is InChI=1S/C9H11NO5S2/c11-6-1-2-10(4-6)17(14,15)7-3-8(9(12)13)16-5-7/h3,5-6,11H,1-2,4H2,(H,12,13)/t6-/m0/s1. The van der Waals surface area contributed by atoms with Gasteiger partial charge in [0.2, 0.25) is 10.0 Å². The first-order valence-electron chi connectivity index (χ1n) is 4.91. The third kappa shape index (κ3) is 2.34. The summed E-state index contributed by atoms with van der Waals surface area (Å²) in [6, 6.07) is 1.15. The average molecular weight is 277 g/mol. The Morgan fingerprint density at radius 2 is 2.24 bits per heavy atom. The van der Waals surface area contributed by atoms with E-state index < -0.39 is 22.1 Å². The molecule has 2 rings (SSSR count). The monoisotopic (exact) mass is 277 g/mol. The van der Waals surface area contributed by atoms with E-state index in [2.05, 4.69) is 0 Å². The maximum Gasteiger partial charge on any atom is 0.345 e. The minimum atomic E-state index is -3.66. The van der Waals surface area contributed by atoms with E-state index in [0.29, 0.717) is 6.42 Å². The van der Waals surface area contributed by atoms with Gasteiger partial charge in [0.25, 0.3) is 0 Å². The van der Waals surface area contributed by atoms with Crippen LogP contribution in [0.4, 0.5) is 0 Å². The summed E-state index contributed by atoms with van der Waals surface area (Å²) in [6.07, 6.45) is -0.225. The van der Waals surface area contributed by atoms with E-state index in [1.807, 2.05) is 0 Å². The SMILES string of the molecule is O=C(O)c1cc(S(=O)(=O)N2CC[C@H](O)C2)cs1. The number of carboxylic acid groups (broad SMARTS) is 1. The number of β-amino-alcohol motifs (C(OH)–C–C–N with tert-alkyl or cyclic N) is 1. The lowest BCUT2D eigenvalue weighted by Gasteiger charge is -2.14. The van der Waals surface area contributed by atoms with Gasteiger partial charge in [0.05, 0.1) is 11.0 Å². The van der Waals surface area contributed by atoms with Crippen LogP contribution in [0.5, 0.6) is 0 Å². The number of hydrogen-bond acceptors (Lipinski definition) is 5. The van der Waals surface area contributed by atoms with Gasteiger partial charge >= 0.3 is 5.97 Å². The van der Waals surface area contributed by atoms with Crippen LogP contribution in [0.15, 0.2) is 16.3 Å². The van der Waals surface area contributed by atoms with Gasteiger partial charge in [0.1, 0.15) is 4.88 Å². The third-order valence-corrected chi connectivity index (χ3v) is 5.46. The van der Waals surface area contributed by atoms with E-state index in [4.69, 9.17) is 5.11 Å². The molecule has 94 valence electrons. The molecule has 1 aliphatic rings. The molecule has 0 aromatic carbocycles. The van der Waals surface area contributed by atoms with Crippen molar-refractivity contribution in [2.75, 3.05) is 13.1 Å². The molecule has 0 spiro atoms. The quantitative estimate of drug-likeness (QED) is 0.823. The van der Waals surface area contributed by atoms with Crippen molar-refractivity contribution in [3.05, 3.63) is 16.3 Å². The van der Waals surface area contributed by atoms with Gasteiger partial charge in [-0.15, -0.1) is 11.3 Å². The number of rotatable bonds is 3. The molecule has 0 aliphatic carbocycles. The van der Waals surface area contributed by atoms with Crippen molar-refractivity contribution in [1.82, 2.24) is 4.31 Å². The van der Waals surface area contributed by atoms with Crippen LogP contribution in [-0.4, -0.2) is 48.1 Å². The molecule has 1 aliphatic heterocycles. The summed E-state index contributed by atoms with van der Waals surface area (Å²) in [5.74, 6) is -1.14. The third-order valence-electron chi connectivity index (χ3n) is 2.55. The molecule has 2 N–H and O–H groups in total. The van der Waals surface area contributed by atoms with Gasteiger partial charge in [-0.1, -0.05) is 0 Å². The first kappa shape index (κ1) is 12.5. The molecule has 6 nitrogen and oxygen atoms in total. The highest BCUT2D eigenvalue weighted by molar-refractivity contribution is 7.89. The van der Waals surface area contributed by atoms with Crippen molar-refractivity contribution < 1.29 is 23.4 Å². The largest absolute Gasteiger partial charge is 0.477 e. The molecule has 2 heterocycles. The van der Waals surface area contributed by atoms with Crippen molar-refractivity contribution in [2.45, 2.75) is 17.4 Å². The molecule has 1 aromatic rings. The van der Waals surface area contributed by atoms with Gasteiger partial charge in [-0.05, 0) is 12.5 Å². The second-order valence-electron chi connectivity index (χ2n) is 3.76. The minimum absolute atomic E-state index is 0.0108. The van der Waals surface area contributed by atoms with Crippen LogP contribution in [0.1, 0.15) is 16.1 Å². The van der Waals surface area contributed by atoms with Crippen LogP contribution in [-0.2, 0) is 10.0 Å². The summed E-state index contributed by atoms with van der Waals surface area (Å²) in [5.41, 5.74) is 0. The summed E-state index contributed by atoms with van der Waals surface area (Å²) in [5, 5.41) is 19.3. The van der Waals surface area contributed by atoms with Crippen molar-refractivity contribution in [2.24, 2.45) is 0 Å². The number of aliphatic hydroxyl groups is 1. The molecule has 8 heteroatoms. The van der Waals surface area contributed by atoms with Crippen LogP contribution in [0.2, 0.25) is 0 Å². The lowest BCUT2D eigenvalue weighted by Crippen LogP contribution is -2.29. The number of aromatic carboxylic acids is 1. The Morgan fingerprint density at radius 1 is 1.53 bits per heavy atom. The van der Waals surface area contributed by atoms with E-state index >= 15 is 0 Å². The fourth-order valence-corrected chi connectivity index (χ4v) is 4.24. The molecule has 0 saturated carbocycles. The van der Waals surface area contributed by atoms with Crippen LogP contribution in [0, 0.1) is 0 Å². The Kier molecular flexibility index (Phi) is 3.21. The zero-order valence-electron chi connectivity index (χ0n) is 8.74. The van der Waals surface area contributed by atoms with Crippen molar-refractivity contribution >= 4 is 27.3 Å². The van der Waals surface area contributed by atoms with Crippen molar-refractivity contribution in [3.63, 3.8) is 0 Å². The minimum Gasteiger partial charge on any atom is -0.477 e. The Balaban J connectivity index is 2.28.